The van der Waals surface area contributed by atoms with E-state index in [4.69, 9.17) is 14.2 Å². The van der Waals surface area contributed by atoms with Gasteiger partial charge in [-0.15, -0.1) is 0 Å². The van der Waals surface area contributed by atoms with E-state index in [-0.39, 0.29) is 40.5 Å². The van der Waals surface area contributed by atoms with Crippen molar-refractivity contribution in [2.24, 2.45) is 11.3 Å². The second-order valence-electron chi connectivity index (χ2n) is 7.12. The van der Waals surface area contributed by atoms with E-state index >= 15 is 0 Å². The summed E-state index contributed by atoms with van der Waals surface area (Å²) in [6, 6.07) is 10.4. The first-order valence-corrected chi connectivity index (χ1v) is 10.6. The molecule has 3 fully saturated rings. The lowest BCUT2D eigenvalue weighted by Crippen LogP contribution is -2.60. The van der Waals surface area contributed by atoms with Crippen molar-refractivity contribution in [3.8, 4) is 0 Å². The molecule has 0 aromatic heterocycles. The van der Waals surface area contributed by atoms with Gasteiger partial charge in [0.15, 0.2) is 0 Å². The summed E-state index contributed by atoms with van der Waals surface area (Å²) in [4.78, 5) is 12.7. The maximum Gasteiger partial charge on any atom is 0.302 e. The number of carbonyl (C=O) groups is 1. The van der Waals surface area contributed by atoms with E-state index in [1.807, 2.05) is 30.0 Å². The summed E-state index contributed by atoms with van der Waals surface area (Å²) in [7, 11) is 0. The number of benzene rings is 1. The van der Waals surface area contributed by atoms with Crippen LogP contribution in [-0.4, -0.2) is 47.3 Å². The third kappa shape index (κ3) is 2.21. The van der Waals surface area contributed by atoms with Gasteiger partial charge >= 0.3 is 5.97 Å². The topological polar surface area (TPSA) is 44.8 Å². The highest BCUT2D eigenvalue weighted by molar-refractivity contribution is 8.00. The molecule has 6 heteroatoms. The molecule has 0 aliphatic carbocycles. The van der Waals surface area contributed by atoms with E-state index < -0.39 is 0 Å². The van der Waals surface area contributed by atoms with E-state index in [2.05, 4.69) is 24.3 Å². The van der Waals surface area contributed by atoms with Crippen LogP contribution < -0.4 is 0 Å². The first-order chi connectivity index (χ1) is 12.1. The van der Waals surface area contributed by atoms with Crippen LogP contribution >= 0.6 is 23.5 Å². The van der Waals surface area contributed by atoms with Crippen LogP contribution in [0.4, 0.5) is 0 Å². The van der Waals surface area contributed by atoms with Crippen molar-refractivity contribution in [1.29, 1.82) is 0 Å². The molecule has 4 heterocycles. The SMILES string of the molecule is CC(=O)OC[C@@]12C3CSC[C@@]14C=C[C@H](O4)[C@@H]2[C@@H](Sc1ccccc1)O3. The van der Waals surface area contributed by atoms with Gasteiger partial charge in [-0.25, -0.2) is 0 Å². The lowest BCUT2D eigenvalue weighted by Gasteiger charge is -2.48. The average Bonchev–Trinajstić information content (AvgIpc) is 3.24. The minimum Gasteiger partial charge on any atom is -0.465 e. The predicted octanol–water partition coefficient (Wildman–Crippen LogP) is 3.12. The zero-order chi connectivity index (χ0) is 17.1. The van der Waals surface area contributed by atoms with Crippen LogP contribution in [0.2, 0.25) is 0 Å². The Kier molecular flexibility index (Phi) is 3.75. The van der Waals surface area contributed by atoms with Gasteiger partial charge < -0.3 is 14.2 Å². The van der Waals surface area contributed by atoms with Crippen molar-refractivity contribution in [2.75, 3.05) is 18.1 Å². The molecule has 1 spiro atoms. The molecule has 0 amide bonds. The van der Waals surface area contributed by atoms with Crippen molar-refractivity contribution in [2.45, 2.75) is 35.1 Å². The molecule has 1 aromatic rings. The molecule has 0 saturated carbocycles. The number of hydrogen-bond donors (Lipinski definition) is 0. The largest absolute Gasteiger partial charge is 0.465 e. The van der Waals surface area contributed by atoms with Crippen LogP contribution in [0.25, 0.3) is 0 Å². The van der Waals surface area contributed by atoms with Gasteiger partial charge in [0.25, 0.3) is 0 Å². The molecule has 6 atom stereocenters. The van der Waals surface area contributed by atoms with Crippen molar-refractivity contribution in [1.82, 2.24) is 0 Å². The molecule has 4 aliphatic heterocycles. The number of esters is 1. The third-order valence-electron chi connectivity index (χ3n) is 5.90. The monoisotopic (exact) mass is 376 g/mol. The molecule has 132 valence electrons. The summed E-state index contributed by atoms with van der Waals surface area (Å²) in [6.07, 6.45) is 4.48. The van der Waals surface area contributed by atoms with Crippen LogP contribution in [0, 0.1) is 11.3 Å². The number of carbonyl (C=O) groups excluding carboxylic acids is 1. The van der Waals surface area contributed by atoms with Gasteiger partial charge in [-0.05, 0) is 12.1 Å². The molecule has 3 saturated heterocycles. The lowest BCUT2D eigenvalue weighted by atomic mass is 9.61. The van der Waals surface area contributed by atoms with E-state index in [1.165, 1.54) is 11.8 Å². The van der Waals surface area contributed by atoms with Gasteiger partial charge in [-0.1, -0.05) is 42.1 Å². The Hall–Kier alpha value is -0.950. The fourth-order valence-electron chi connectivity index (χ4n) is 4.85. The minimum atomic E-state index is -0.364. The second kappa shape index (κ2) is 5.78. The number of hydrogen-bond acceptors (Lipinski definition) is 6. The predicted molar refractivity (Wildman–Crippen MR) is 97.6 cm³/mol. The first-order valence-electron chi connectivity index (χ1n) is 8.60. The maximum absolute atomic E-state index is 11.5. The molecule has 1 aromatic carbocycles. The highest BCUT2D eigenvalue weighted by Gasteiger charge is 2.76. The van der Waals surface area contributed by atoms with E-state index in [9.17, 15) is 4.79 Å². The number of rotatable bonds is 4. The number of thioether (sulfide) groups is 2. The molecule has 1 unspecified atom stereocenters. The van der Waals surface area contributed by atoms with Crippen LogP contribution in [0.3, 0.4) is 0 Å². The Morgan fingerprint density at radius 3 is 3.04 bits per heavy atom. The smallest absolute Gasteiger partial charge is 0.302 e. The molecule has 0 N–H and O–H groups in total. The van der Waals surface area contributed by atoms with Gasteiger partial charge in [-0.3, -0.25) is 4.79 Å². The summed E-state index contributed by atoms with van der Waals surface area (Å²) < 4.78 is 18.6. The molecule has 25 heavy (non-hydrogen) atoms. The molecular weight excluding hydrogens is 356 g/mol. The second-order valence-corrected chi connectivity index (χ2v) is 9.32. The number of fused-ring (bicyclic) bond motifs is 2. The summed E-state index contributed by atoms with van der Waals surface area (Å²) in [5, 5.41) is 0. The highest BCUT2D eigenvalue weighted by Crippen LogP contribution is 2.68. The van der Waals surface area contributed by atoms with Crippen LogP contribution in [-0.2, 0) is 19.0 Å². The highest BCUT2D eigenvalue weighted by atomic mass is 32.2. The van der Waals surface area contributed by atoms with Gasteiger partial charge in [0, 0.05) is 29.2 Å². The Morgan fingerprint density at radius 2 is 2.24 bits per heavy atom. The first kappa shape index (κ1) is 16.2. The molecule has 0 radical (unpaired) electrons. The summed E-state index contributed by atoms with van der Waals surface area (Å²) in [5.41, 5.74) is -0.619. The van der Waals surface area contributed by atoms with Crippen LogP contribution in [0.1, 0.15) is 6.92 Å². The summed E-state index contributed by atoms with van der Waals surface area (Å²) >= 11 is 3.63. The molecule has 5 rings (SSSR count). The normalized spacial score (nSPS) is 43.2. The van der Waals surface area contributed by atoms with Crippen molar-refractivity contribution >= 4 is 29.5 Å². The molecule has 4 aliphatic rings. The van der Waals surface area contributed by atoms with Crippen molar-refractivity contribution in [3.05, 3.63) is 42.5 Å². The fourth-order valence-corrected chi connectivity index (χ4v) is 7.61. The van der Waals surface area contributed by atoms with Crippen LogP contribution in [0.15, 0.2) is 47.4 Å². The molecule has 2 bridgehead atoms. The molecule has 4 nitrogen and oxygen atoms in total. The Bertz CT molecular complexity index is 723. The van der Waals surface area contributed by atoms with Gasteiger partial charge in [0.1, 0.15) is 17.6 Å². The summed E-state index contributed by atoms with van der Waals surface area (Å²) in [5.74, 6) is 1.80. The zero-order valence-corrected chi connectivity index (χ0v) is 15.6. The fraction of sp³-hybridized carbons (Fsp3) is 0.526. The lowest BCUT2D eigenvalue weighted by molar-refractivity contribution is -0.152. The Labute approximate surface area is 155 Å². The van der Waals surface area contributed by atoms with E-state index in [0.717, 1.165) is 11.5 Å². The van der Waals surface area contributed by atoms with Gasteiger partial charge in [0.05, 0.1) is 17.6 Å². The van der Waals surface area contributed by atoms with Crippen LogP contribution in [0.5, 0.6) is 0 Å². The number of ether oxygens (including phenoxy) is 3. The zero-order valence-electron chi connectivity index (χ0n) is 13.9. The summed E-state index contributed by atoms with van der Waals surface area (Å²) in [6.45, 7) is 1.86. The van der Waals surface area contributed by atoms with Crippen molar-refractivity contribution in [3.63, 3.8) is 0 Å². The average molecular weight is 376 g/mol. The maximum atomic E-state index is 11.5. The standard InChI is InChI=1S/C19H20O4S2/c1-12(20)21-10-19-15-9-24-11-18(19)8-7-14(23-18)16(19)17(22-15)25-13-5-3-2-4-6-13/h2-8,14-17H,9-11H2,1H3/t14-,15?,16+,17+,18-,19-/m0/s1. The van der Waals surface area contributed by atoms with Crippen molar-refractivity contribution < 1.29 is 19.0 Å². The van der Waals surface area contributed by atoms with Gasteiger partial charge in [0.2, 0.25) is 0 Å². The quantitative estimate of drug-likeness (QED) is 0.594. The Balaban J connectivity index is 1.52. The van der Waals surface area contributed by atoms with E-state index in [0.29, 0.717) is 6.61 Å². The van der Waals surface area contributed by atoms with E-state index in [1.54, 1.807) is 11.8 Å². The molecular formula is C19H20O4S2. The van der Waals surface area contributed by atoms with Gasteiger partial charge in [-0.2, -0.15) is 11.8 Å². The Morgan fingerprint density at radius 1 is 1.40 bits per heavy atom. The third-order valence-corrected chi connectivity index (χ3v) is 8.25. The minimum absolute atomic E-state index is 0.0125.